The SMILES string of the molecule is CCN(C)C(=O)Nc1c(Cl)cccc1Cl. The molecule has 1 N–H and O–H groups in total. The van der Waals surface area contributed by atoms with Gasteiger partial charge in [-0.2, -0.15) is 0 Å². The monoisotopic (exact) mass is 246 g/mol. The molecule has 15 heavy (non-hydrogen) atoms. The molecule has 3 nitrogen and oxygen atoms in total. The van der Waals surface area contributed by atoms with E-state index in [0.717, 1.165) is 0 Å². The summed E-state index contributed by atoms with van der Waals surface area (Å²) < 4.78 is 0. The number of hydrogen-bond donors (Lipinski definition) is 1. The van der Waals surface area contributed by atoms with Gasteiger partial charge in [-0.05, 0) is 19.1 Å². The average molecular weight is 247 g/mol. The van der Waals surface area contributed by atoms with Gasteiger partial charge in [-0.15, -0.1) is 0 Å². The van der Waals surface area contributed by atoms with Crippen molar-refractivity contribution >= 4 is 34.9 Å². The molecular formula is C10H12Cl2N2O. The van der Waals surface area contributed by atoms with Crippen LogP contribution in [-0.2, 0) is 0 Å². The number of hydrogen-bond acceptors (Lipinski definition) is 1. The van der Waals surface area contributed by atoms with E-state index >= 15 is 0 Å². The van der Waals surface area contributed by atoms with Gasteiger partial charge in [0.05, 0.1) is 15.7 Å². The van der Waals surface area contributed by atoms with Crippen LogP contribution in [0.1, 0.15) is 6.92 Å². The smallest absolute Gasteiger partial charge is 0.321 e. The number of para-hydroxylation sites is 1. The van der Waals surface area contributed by atoms with E-state index in [4.69, 9.17) is 23.2 Å². The van der Waals surface area contributed by atoms with E-state index in [1.165, 1.54) is 4.90 Å². The second-order valence-corrected chi connectivity index (χ2v) is 3.86. The Hall–Kier alpha value is -0.930. The maximum Gasteiger partial charge on any atom is 0.321 e. The Morgan fingerprint density at radius 3 is 2.40 bits per heavy atom. The number of amides is 2. The molecule has 0 aliphatic heterocycles. The van der Waals surface area contributed by atoms with Crippen molar-refractivity contribution in [3.05, 3.63) is 28.2 Å². The highest BCUT2D eigenvalue weighted by molar-refractivity contribution is 6.39. The third-order valence-electron chi connectivity index (χ3n) is 2.02. The number of nitrogens with one attached hydrogen (secondary N) is 1. The van der Waals surface area contributed by atoms with Crippen molar-refractivity contribution < 1.29 is 4.79 Å². The summed E-state index contributed by atoms with van der Waals surface area (Å²) in [5.41, 5.74) is 0.450. The van der Waals surface area contributed by atoms with Crippen LogP contribution < -0.4 is 5.32 Å². The second-order valence-electron chi connectivity index (χ2n) is 3.04. The number of carbonyl (C=O) groups excluding carboxylic acids is 1. The van der Waals surface area contributed by atoms with Crippen LogP contribution in [0.3, 0.4) is 0 Å². The first-order chi connectivity index (χ1) is 7.06. The number of halogens is 2. The van der Waals surface area contributed by atoms with Crippen molar-refractivity contribution in [1.29, 1.82) is 0 Å². The topological polar surface area (TPSA) is 32.3 Å². The fourth-order valence-corrected chi connectivity index (χ4v) is 1.46. The number of urea groups is 1. The zero-order valence-electron chi connectivity index (χ0n) is 8.55. The van der Waals surface area contributed by atoms with Crippen LogP contribution in [0.15, 0.2) is 18.2 Å². The molecule has 0 atom stereocenters. The van der Waals surface area contributed by atoms with Crippen LogP contribution in [0.25, 0.3) is 0 Å². The Bertz CT molecular complexity index is 348. The van der Waals surface area contributed by atoms with E-state index in [9.17, 15) is 4.79 Å². The molecule has 82 valence electrons. The number of benzene rings is 1. The molecule has 2 amide bonds. The Balaban J connectivity index is 2.85. The van der Waals surface area contributed by atoms with E-state index in [1.54, 1.807) is 25.2 Å². The normalized spacial score (nSPS) is 9.87. The summed E-state index contributed by atoms with van der Waals surface area (Å²) >= 11 is 11.8. The standard InChI is InChI=1S/C10H12Cl2N2O/c1-3-14(2)10(15)13-9-7(11)5-4-6-8(9)12/h4-6H,3H2,1-2H3,(H,13,15). The molecule has 0 unspecified atom stereocenters. The Labute approximate surface area is 99.0 Å². The van der Waals surface area contributed by atoms with E-state index in [1.807, 2.05) is 6.92 Å². The molecular weight excluding hydrogens is 235 g/mol. The van der Waals surface area contributed by atoms with E-state index in [0.29, 0.717) is 22.3 Å². The zero-order chi connectivity index (χ0) is 11.4. The van der Waals surface area contributed by atoms with Crippen molar-refractivity contribution in [2.24, 2.45) is 0 Å². The molecule has 0 heterocycles. The van der Waals surface area contributed by atoms with Gasteiger partial charge in [0.25, 0.3) is 0 Å². The molecule has 0 aliphatic rings. The lowest BCUT2D eigenvalue weighted by Crippen LogP contribution is -2.31. The number of nitrogens with zero attached hydrogens (tertiary/aromatic N) is 1. The van der Waals surface area contributed by atoms with Crippen LogP contribution >= 0.6 is 23.2 Å². The Kier molecular flexibility index (Phi) is 4.24. The molecule has 1 aromatic rings. The number of anilines is 1. The molecule has 1 rings (SSSR count). The van der Waals surface area contributed by atoms with Crippen LogP contribution in [0.4, 0.5) is 10.5 Å². The summed E-state index contributed by atoms with van der Waals surface area (Å²) in [5.74, 6) is 0. The summed E-state index contributed by atoms with van der Waals surface area (Å²) in [6.45, 7) is 2.50. The third-order valence-corrected chi connectivity index (χ3v) is 2.65. The van der Waals surface area contributed by atoms with Gasteiger partial charge >= 0.3 is 6.03 Å². The van der Waals surface area contributed by atoms with Gasteiger partial charge in [0.15, 0.2) is 0 Å². The molecule has 0 fully saturated rings. The molecule has 0 saturated heterocycles. The molecule has 0 radical (unpaired) electrons. The maximum atomic E-state index is 11.5. The first kappa shape index (κ1) is 12.1. The highest BCUT2D eigenvalue weighted by Gasteiger charge is 2.11. The summed E-state index contributed by atoms with van der Waals surface area (Å²) in [6.07, 6.45) is 0. The van der Waals surface area contributed by atoms with Gasteiger partial charge in [-0.1, -0.05) is 29.3 Å². The fraction of sp³-hybridized carbons (Fsp3) is 0.300. The van der Waals surface area contributed by atoms with Gasteiger partial charge < -0.3 is 10.2 Å². The average Bonchev–Trinajstić information content (AvgIpc) is 2.22. The number of rotatable bonds is 2. The molecule has 0 saturated carbocycles. The zero-order valence-corrected chi connectivity index (χ0v) is 10.1. The van der Waals surface area contributed by atoms with Gasteiger partial charge in [0, 0.05) is 13.6 Å². The first-order valence-corrected chi connectivity index (χ1v) is 5.28. The van der Waals surface area contributed by atoms with Gasteiger partial charge in [-0.25, -0.2) is 4.79 Å². The lowest BCUT2D eigenvalue weighted by molar-refractivity contribution is 0.224. The van der Waals surface area contributed by atoms with E-state index in [-0.39, 0.29) is 6.03 Å². The molecule has 5 heteroatoms. The van der Waals surface area contributed by atoms with Crippen molar-refractivity contribution in [2.75, 3.05) is 18.9 Å². The highest BCUT2D eigenvalue weighted by atomic mass is 35.5. The molecule has 0 spiro atoms. The Morgan fingerprint density at radius 2 is 1.93 bits per heavy atom. The van der Waals surface area contributed by atoms with Gasteiger partial charge in [-0.3, -0.25) is 0 Å². The fourth-order valence-electron chi connectivity index (χ4n) is 0.963. The summed E-state index contributed by atoms with van der Waals surface area (Å²) in [6, 6.07) is 4.85. The quantitative estimate of drug-likeness (QED) is 0.852. The predicted molar refractivity (Wildman–Crippen MR) is 63.8 cm³/mol. The van der Waals surface area contributed by atoms with Crippen LogP contribution in [0.5, 0.6) is 0 Å². The maximum absolute atomic E-state index is 11.5. The second kappa shape index (κ2) is 5.24. The van der Waals surface area contributed by atoms with Crippen LogP contribution in [0.2, 0.25) is 10.0 Å². The minimum absolute atomic E-state index is 0.229. The van der Waals surface area contributed by atoms with Crippen LogP contribution in [0, 0.1) is 0 Å². The lowest BCUT2D eigenvalue weighted by atomic mass is 10.3. The third kappa shape index (κ3) is 3.01. The molecule has 0 aromatic heterocycles. The van der Waals surface area contributed by atoms with Crippen molar-refractivity contribution in [3.63, 3.8) is 0 Å². The molecule has 0 bridgehead atoms. The van der Waals surface area contributed by atoms with Gasteiger partial charge in [0.2, 0.25) is 0 Å². The summed E-state index contributed by atoms with van der Waals surface area (Å²) in [5, 5.41) is 3.51. The van der Waals surface area contributed by atoms with Crippen molar-refractivity contribution in [3.8, 4) is 0 Å². The predicted octanol–water partition coefficient (Wildman–Crippen LogP) is 3.48. The largest absolute Gasteiger partial charge is 0.328 e. The van der Waals surface area contributed by atoms with Crippen LogP contribution in [-0.4, -0.2) is 24.5 Å². The highest BCUT2D eigenvalue weighted by Crippen LogP contribution is 2.29. The lowest BCUT2D eigenvalue weighted by Gasteiger charge is -2.16. The van der Waals surface area contributed by atoms with E-state index in [2.05, 4.69) is 5.32 Å². The minimum Gasteiger partial charge on any atom is -0.328 e. The molecule has 0 aliphatic carbocycles. The van der Waals surface area contributed by atoms with Gasteiger partial charge in [0.1, 0.15) is 0 Å². The summed E-state index contributed by atoms with van der Waals surface area (Å²) in [7, 11) is 1.69. The van der Waals surface area contributed by atoms with E-state index < -0.39 is 0 Å². The molecule has 1 aromatic carbocycles. The van der Waals surface area contributed by atoms with Crippen molar-refractivity contribution in [2.45, 2.75) is 6.92 Å². The Morgan fingerprint density at radius 1 is 1.40 bits per heavy atom. The first-order valence-electron chi connectivity index (χ1n) is 4.52. The minimum atomic E-state index is -0.229. The number of carbonyl (C=O) groups is 1. The van der Waals surface area contributed by atoms with Crippen molar-refractivity contribution in [1.82, 2.24) is 4.90 Å². The summed E-state index contributed by atoms with van der Waals surface area (Å²) in [4.78, 5) is 13.1.